The topological polar surface area (TPSA) is 42.0 Å². The molecule has 1 atom stereocenters. The van der Waals surface area contributed by atoms with E-state index in [0.717, 1.165) is 11.6 Å². The van der Waals surface area contributed by atoms with Gasteiger partial charge in [0, 0.05) is 12.4 Å². The summed E-state index contributed by atoms with van der Waals surface area (Å²) in [7, 11) is 0. The van der Waals surface area contributed by atoms with Crippen molar-refractivity contribution in [2.75, 3.05) is 0 Å². The fraction of sp³-hybridized carbons (Fsp3) is 0.368. The third-order valence-corrected chi connectivity index (χ3v) is 3.80. The maximum absolute atomic E-state index is 13.1. The molecule has 0 aliphatic rings. The first kappa shape index (κ1) is 19.0. The molecule has 0 fully saturated rings. The highest BCUT2D eigenvalue weighted by Crippen LogP contribution is 2.32. The van der Waals surface area contributed by atoms with Crippen molar-refractivity contribution in [1.29, 1.82) is 0 Å². The molecule has 0 spiro atoms. The van der Waals surface area contributed by atoms with Crippen LogP contribution in [0, 0.1) is 5.92 Å². The Morgan fingerprint density at radius 2 is 1.88 bits per heavy atom. The molecule has 0 unspecified atom stereocenters. The van der Waals surface area contributed by atoms with Crippen molar-refractivity contribution in [3.8, 4) is 0 Å². The molecular formula is C19H21F3N2O. The van der Waals surface area contributed by atoms with Gasteiger partial charge in [-0.3, -0.25) is 9.78 Å². The van der Waals surface area contributed by atoms with Crippen LogP contribution in [-0.4, -0.2) is 10.9 Å². The number of hydrogen-bond acceptors (Lipinski definition) is 2. The second-order valence-electron chi connectivity index (χ2n) is 6.37. The summed E-state index contributed by atoms with van der Waals surface area (Å²) in [6.45, 7) is 4.04. The van der Waals surface area contributed by atoms with Crippen LogP contribution in [0.4, 0.5) is 13.2 Å². The van der Waals surface area contributed by atoms with Gasteiger partial charge in [0.15, 0.2) is 0 Å². The second-order valence-corrected chi connectivity index (χ2v) is 6.37. The number of hydrogen-bond donors (Lipinski definition) is 1. The standard InChI is InChI=1S/C19H21F3N2O/c1-13(2)10-17(15-7-5-9-23-12-15)24-18(25)11-14-6-3-4-8-16(14)19(20,21)22/h3-9,12-13,17H,10-11H2,1-2H3,(H,24,25)/t17-/m1/s1. The molecule has 1 heterocycles. The van der Waals surface area contributed by atoms with Gasteiger partial charge in [-0.2, -0.15) is 13.2 Å². The summed E-state index contributed by atoms with van der Waals surface area (Å²) in [4.78, 5) is 16.4. The highest BCUT2D eigenvalue weighted by molar-refractivity contribution is 5.79. The van der Waals surface area contributed by atoms with Crippen molar-refractivity contribution in [3.05, 3.63) is 65.5 Å². The molecule has 6 heteroatoms. The summed E-state index contributed by atoms with van der Waals surface area (Å²) >= 11 is 0. The zero-order valence-corrected chi connectivity index (χ0v) is 14.2. The lowest BCUT2D eigenvalue weighted by Crippen LogP contribution is -2.31. The Hall–Kier alpha value is -2.37. The lowest BCUT2D eigenvalue weighted by Gasteiger charge is -2.21. The van der Waals surface area contributed by atoms with Crippen LogP contribution in [0.2, 0.25) is 0 Å². The normalized spacial score (nSPS) is 12.9. The van der Waals surface area contributed by atoms with E-state index in [1.54, 1.807) is 18.5 Å². The largest absolute Gasteiger partial charge is 0.416 e. The van der Waals surface area contributed by atoms with E-state index >= 15 is 0 Å². The SMILES string of the molecule is CC(C)C[C@@H](NC(=O)Cc1ccccc1C(F)(F)F)c1cccnc1. The molecule has 25 heavy (non-hydrogen) atoms. The molecule has 3 nitrogen and oxygen atoms in total. The van der Waals surface area contributed by atoms with Crippen molar-refractivity contribution in [2.45, 2.75) is 38.9 Å². The highest BCUT2D eigenvalue weighted by Gasteiger charge is 2.33. The monoisotopic (exact) mass is 350 g/mol. The first-order chi connectivity index (χ1) is 11.8. The van der Waals surface area contributed by atoms with Crippen LogP contribution in [0.5, 0.6) is 0 Å². The van der Waals surface area contributed by atoms with Gasteiger partial charge in [0.2, 0.25) is 5.91 Å². The minimum Gasteiger partial charge on any atom is -0.349 e. The number of carbonyl (C=O) groups is 1. The summed E-state index contributed by atoms with van der Waals surface area (Å²) in [6, 6.07) is 8.50. The van der Waals surface area contributed by atoms with Gasteiger partial charge in [0.25, 0.3) is 0 Å². The smallest absolute Gasteiger partial charge is 0.349 e. The van der Waals surface area contributed by atoms with Crippen molar-refractivity contribution in [2.24, 2.45) is 5.92 Å². The number of alkyl halides is 3. The third kappa shape index (κ3) is 5.59. The molecule has 1 aromatic heterocycles. The van der Waals surface area contributed by atoms with Crippen LogP contribution in [0.25, 0.3) is 0 Å². The maximum atomic E-state index is 13.1. The van der Waals surface area contributed by atoms with Crippen molar-refractivity contribution in [1.82, 2.24) is 10.3 Å². The Morgan fingerprint density at radius 3 is 2.48 bits per heavy atom. The third-order valence-electron chi connectivity index (χ3n) is 3.80. The van der Waals surface area contributed by atoms with Crippen LogP contribution < -0.4 is 5.32 Å². The van der Waals surface area contributed by atoms with E-state index < -0.39 is 17.6 Å². The van der Waals surface area contributed by atoms with Crippen LogP contribution in [0.15, 0.2) is 48.8 Å². The first-order valence-corrected chi connectivity index (χ1v) is 8.11. The highest BCUT2D eigenvalue weighted by atomic mass is 19.4. The lowest BCUT2D eigenvalue weighted by molar-refractivity contribution is -0.138. The minimum absolute atomic E-state index is 0.0259. The Kier molecular flexibility index (Phi) is 6.17. The average Bonchev–Trinajstić information content (AvgIpc) is 2.54. The second kappa shape index (κ2) is 8.14. The molecule has 0 saturated heterocycles. The molecule has 0 aliphatic heterocycles. The summed E-state index contributed by atoms with van der Waals surface area (Å²) in [5, 5.41) is 2.85. The summed E-state index contributed by atoms with van der Waals surface area (Å²) in [5.41, 5.74) is 0.0441. The fourth-order valence-electron chi connectivity index (χ4n) is 2.70. The molecule has 1 amide bonds. The predicted octanol–water partition coefficient (Wildman–Crippen LogP) is 4.55. The number of aromatic nitrogens is 1. The Bertz CT molecular complexity index is 699. The quantitative estimate of drug-likeness (QED) is 0.831. The lowest BCUT2D eigenvalue weighted by atomic mass is 9.97. The molecule has 0 bridgehead atoms. The number of carbonyl (C=O) groups excluding carboxylic acids is 1. The zero-order valence-electron chi connectivity index (χ0n) is 14.2. The Balaban J connectivity index is 2.15. The number of amides is 1. The van der Waals surface area contributed by atoms with Gasteiger partial charge >= 0.3 is 6.18 Å². The Morgan fingerprint density at radius 1 is 1.16 bits per heavy atom. The van der Waals surface area contributed by atoms with E-state index in [1.807, 2.05) is 19.9 Å². The van der Waals surface area contributed by atoms with Gasteiger partial charge in [0.1, 0.15) is 0 Å². The van der Waals surface area contributed by atoms with Gasteiger partial charge in [-0.05, 0) is 35.6 Å². The molecule has 2 aromatic rings. The number of nitrogens with zero attached hydrogens (tertiary/aromatic N) is 1. The molecule has 1 aromatic carbocycles. The van der Waals surface area contributed by atoms with E-state index in [0.29, 0.717) is 12.3 Å². The number of nitrogens with one attached hydrogen (secondary N) is 1. The number of benzene rings is 1. The van der Waals surface area contributed by atoms with Crippen LogP contribution in [-0.2, 0) is 17.4 Å². The van der Waals surface area contributed by atoms with Gasteiger partial charge in [0.05, 0.1) is 18.0 Å². The van der Waals surface area contributed by atoms with Crippen molar-refractivity contribution >= 4 is 5.91 Å². The minimum atomic E-state index is -4.47. The molecular weight excluding hydrogens is 329 g/mol. The number of pyridine rings is 1. The van der Waals surface area contributed by atoms with Gasteiger partial charge in [-0.15, -0.1) is 0 Å². The van der Waals surface area contributed by atoms with Crippen molar-refractivity contribution < 1.29 is 18.0 Å². The molecule has 2 rings (SSSR count). The van der Waals surface area contributed by atoms with E-state index in [-0.39, 0.29) is 18.0 Å². The van der Waals surface area contributed by atoms with E-state index in [1.165, 1.54) is 18.2 Å². The van der Waals surface area contributed by atoms with Crippen molar-refractivity contribution in [3.63, 3.8) is 0 Å². The van der Waals surface area contributed by atoms with Gasteiger partial charge < -0.3 is 5.32 Å². The average molecular weight is 350 g/mol. The summed E-state index contributed by atoms with van der Waals surface area (Å²) < 4.78 is 39.2. The van der Waals surface area contributed by atoms with E-state index in [2.05, 4.69) is 10.3 Å². The molecule has 1 N–H and O–H groups in total. The van der Waals surface area contributed by atoms with E-state index in [4.69, 9.17) is 0 Å². The number of halogens is 3. The van der Waals surface area contributed by atoms with Gasteiger partial charge in [-0.1, -0.05) is 38.1 Å². The fourth-order valence-corrected chi connectivity index (χ4v) is 2.70. The molecule has 134 valence electrons. The summed E-state index contributed by atoms with van der Waals surface area (Å²) in [6.07, 6.45) is -0.811. The summed E-state index contributed by atoms with van der Waals surface area (Å²) in [5.74, 6) is -0.126. The number of rotatable bonds is 6. The molecule has 0 saturated carbocycles. The maximum Gasteiger partial charge on any atom is 0.416 e. The first-order valence-electron chi connectivity index (χ1n) is 8.11. The zero-order chi connectivity index (χ0) is 18.4. The van der Waals surface area contributed by atoms with Crippen LogP contribution in [0.1, 0.15) is 43.0 Å². The van der Waals surface area contributed by atoms with E-state index in [9.17, 15) is 18.0 Å². The Labute approximate surface area is 145 Å². The van der Waals surface area contributed by atoms with Crippen LogP contribution in [0.3, 0.4) is 0 Å². The predicted molar refractivity (Wildman–Crippen MR) is 89.7 cm³/mol. The molecule has 0 radical (unpaired) electrons. The molecule has 0 aliphatic carbocycles. The van der Waals surface area contributed by atoms with Crippen LogP contribution >= 0.6 is 0 Å². The van der Waals surface area contributed by atoms with Gasteiger partial charge in [-0.25, -0.2) is 0 Å².